The van der Waals surface area contributed by atoms with Crippen molar-refractivity contribution < 1.29 is 4.79 Å². The van der Waals surface area contributed by atoms with E-state index in [0.29, 0.717) is 10.7 Å². The van der Waals surface area contributed by atoms with E-state index < -0.39 is 0 Å². The molecule has 0 saturated carbocycles. The fourth-order valence-electron chi connectivity index (χ4n) is 1.70. The second-order valence-corrected chi connectivity index (χ2v) is 5.49. The van der Waals surface area contributed by atoms with Crippen LogP contribution in [0.4, 0.5) is 10.8 Å². The van der Waals surface area contributed by atoms with E-state index in [1.54, 1.807) is 12.1 Å². The number of carbonyl (C=O) groups excluding carboxylic acids is 1. The summed E-state index contributed by atoms with van der Waals surface area (Å²) in [6, 6.07) is 5.33. The van der Waals surface area contributed by atoms with Crippen LogP contribution < -0.4 is 16.6 Å². The molecular formula is C13H16N4OS. The van der Waals surface area contributed by atoms with Crippen molar-refractivity contribution in [3.05, 3.63) is 39.9 Å². The molecule has 100 valence electrons. The highest BCUT2D eigenvalue weighted by Crippen LogP contribution is 2.22. The molecule has 6 heteroatoms. The minimum Gasteiger partial charge on any atom is -0.324 e. The molecule has 4 N–H and O–H groups in total. The summed E-state index contributed by atoms with van der Waals surface area (Å²) >= 11 is 1.48. The minimum atomic E-state index is -0.158. The van der Waals surface area contributed by atoms with Crippen molar-refractivity contribution in [3.8, 4) is 0 Å². The van der Waals surface area contributed by atoms with Gasteiger partial charge in [0.15, 0.2) is 5.13 Å². The fourth-order valence-corrected chi connectivity index (χ4v) is 2.51. The molecule has 0 saturated heterocycles. The monoisotopic (exact) mass is 276 g/mol. The van der Waals surface area contributed by atoms with Crippen LogP contribution in [0.25, 0.3) is 0 Å². The summed E-state index contributed by atoms with van der Waals surface area (Å²) < 4.78 is 0. The van der Waals surface area contributed by atoms with Gasteiger partial charge in [-0.3, -0.25) is 16.0 Å². The van der Waals surface area contributed by atoms with Crippen LogP contribution >= 0.6 is 11.3 Å². The lowest BCUT2D eigenvalue weighted by Gasteiger charge is -2.07. The van der Waals surface area contributed by atoms with Crippen molar-refractivity contribution in [2.75, 3.05) is 10.7 Å². The van der Waals surface area contributed by atoms with E-state index in [4.69, 9.17) is 5.84 Å². The second-order valence-electron chi connectivity index (χ2n) is 4.29. The normalized spacial score (nSPS) is 10.3. The first-order valence-corrected chi connectivity index (χ1v) is 6.65. The second kappa shape index (κ2) is 5.38. The molecule has 2 aromatic rings. The molecule has 0 aliphatic rings. The Morgan fingerprint density at radius 2 is 2.05 bits per heavy atom. The van der Waals surface area contributed by atoms with Gasteiger partial charge in [-0.1, -0.05) is 0 Å². The van der Waals surface area contributed by atoms with Gasteiger partial charge in [0.1, 0.15) is 0 Å². The number of thiazole rings is 1. The minimum absolute atomic E-state index is 0.158. The van der Waals surface area contributed by atoms with Crippen molar-refractivity contribution in [2.45, 2.75) is 20.8 Å². The van der Waals surface area contributed by atoms with Crippen LogP contribution in [0, 0.1) is 20.8 Å². The maximum atomic E-state index is 12.2. The Balaban J connectivity index is 2.20. The molecular weight excluding hydrogens is 260 g/mol. The van der Waals surface area contributed by atoms with Gasteiger partial charge in [-0.15, -0.1) is 11.3 Å². The first-order chi connectivity index (χ1) is 9.01. The highest BCUT2D eigenvalue weighted by Gasteiger charge is 2.12. The van der Waals surface area contributed by atoms with E-state index in [0.717, 1.165) is 21.8 Å². The van der Waals surface area contributed by atoms with E-state index in [-0.39, 0.29) is 5.91 Å². The summed E-state index contributed by atoms with van der Waals surface area (Å²) in [4.78, 5) is 17.6. The van der Waals surface area contributed by atoms with Gasteiger partial charge in [-0.05, 0) is 44.5 Å². The molecule has 0 radical (unpaired) electrons. The molecule has 0 unspecified atom stereocenters. The topological polar surface area (TPSA) is 80.0 Å². The largest absolute Gasteiger partial charge is 0.324 e. The van der Waals surface area contributed by atoms with Gasteiger partial charge >= 0.3 is 0 Å². The van der Waals surface area contributed by atoms with Crippen LogP contribution in [0.2, 0.25) is 0 Å². The van der Waals surface area contributed by atoms with Gasteiger partial charge in [0.05, 0.1) is 5.69 Å². The van der Waals surface area contributed by atoms with E-state index in [9.17, 15) is 4.79 Å². The highest BCUT2D eigenvalue weighted by molar-refractivity contribution is 7.15. The number of benzene rings is 1. The van der Waals surface area contributed by atoms with Crippen LogP contribution in [0.3, 0.4) is 0 Å². The highest BCUT2D eigenvalue weighted by atomic mass is 32.1. The Kier molecular flexibility index (Phi) is 3.82. The van der Waals surface area contributed by atoms with Crippen LogP contribution in [-0.2, 0) is 0 Å². The van der Waals surface area contributed by atoms with Crippen LogP contribution in [-0.4, -0.2) is 10.9 Å². The number of aromatic nitrogens is 1. The van der Waals surface area contributed by atoms with Crippen LogP contribution in [0.5, 0.6) is 0 Å². The fraction of sp³-hybridized carbons (Fsp3) is 0.231. The van der Waals surface area contributed by atoms with Gasteiger partial charge in [0, 0.05) is 16.1 Å². The standard InChI is InChI=1S/C13H16N4OS/c1-7-6-10(17-14)4-5-11(7)12(18)16-13-15-8(2)9(3)19-13/h4-6,17H,14H2,1-3H3,(H,15,16,18). The van der Waals surface area contributed by atoms with Gasteiger partial charge in [-0.2, -0.15) is 0 Å². The molecule has 19 heavy (non-hydrogen) atoms. The summed E-state index contributed by atoms with van der Waals surface area (Å²) in [6.07, 6.45) is 0. The lowest BCUT2D eigenvalue weighted by molar-refractivity contribution is 0.102. The predicted octanol–water partition coefficient (Wildman–Crippen LogP) is 2.61. The zero-order valence-electron chi connectivity index (χ0n) is 11.1. The molecule has 1 heterocycles. The zero-order chi connectivity index (χ0) is 14.0. The Bertz CT molecular complexity index is 602. The number of amides is 1. The first-order valence-electron chi connectivity index (χ1n) is 5.84. The van der Waals surface area contributed by atoms with Crippen molar-refractivity contribution in [3.63, 3.8) is 0 Å². The van der Waals surface area contributed by atoms with Crippen molar-refractivity contribution in [2.24, 2.45) is 5.84 Å². The van der Waals surface area contributed by atoms with Crippen LogP contribution in [0.1, 0.15) is 26.5 Å². The molecule has 0 aliphatic heterocycles. The number of rotatable bonds is 3. The molecule has 0 aliphatic carbocycles. The third-order valence-corrected chi connectivity index (χ3v) is 3.87. The molecule has 1 aromatic heterocycles. The number of nitrogens with one attached hydrogen (secondary N) is 2. The maximum Gasteiger partial charge on any atom is 0.257 e. The Hall–Kier alpha value is -1.92. The lowest BCUT2D eigenvalue weighted by atomic mass is 10.1. The molecule has 0 spiro atoms. The number of hydrazine groups is 1. The third kappa shape index (κ3) is 2.91. The van der Waals surface area contributed by atoms with E-state index in [1.807, 2.05) is 26.8 Å². The number of nitrogens with two attached hydrogens (primary N) is 1. The van der Waals surface area contributed by atoms with E-state index in [2.05, 4.69) is 15.7 Å². The predicted molar refractivity (Wildman–Crippen MR) is 78.5 cm³/mol. The number of carbonyl (C=O) groups is 1. The maximum absolute atomic E-state index is 12.2. The number of nitrogens with zero attached hydrogens (tertiary/aromatic N) is 1. The number of nitrogen functional groups attached to an aromatic ring is 1. The Morgan fingerprint density at radius 3 is 2.58 bits per heavy atom. The molecule has 0 atom stereocenters. The Labute approximate surface area is 115 Å². The first kappa shape index (κ1) is 13.5. The number of hydrogen-bond donors (Lipinski definition) is 3. The summed E-state index contributed by atoms with van der Waals surface area (Å²) in [6.45, 7) is 5.78. The summed E-state index contributed by atoms with van der Waals surface area (Å²) in [5, 5.41) is 3.44. The smallest absolute Gasteiger partial charge is 0.257 e. The van der Waals surface area contributed by atoms with E-state index >= 15 is 0 Å². The number of aryl methyl sites for hydroxylation is 3. The third-order valence-electron chi connectivity index (χ3n) is 2.89. The molecule has 2 rings (SSSR count). The zero-order valence-corrected chi connectivity index (χ0v) is 11.9. The van der Waals surface area contributed by atoms with Crippen molar-refractivity contribution in [1.82, 2.24) is 4.98 Å². The van der Waals surface area contributed by atoms with Gasteiger partial charge in [0.25, 0.3) is 5.91 Å². The molecule has 0 bridgehead atoms. The Morgan fingerprint density at radius 1 is 1.32 bits per heavy atom. The molecule has 1 aromatic carbocycles. The van der Waals surface area contributed by atoms with Gasteiger partial charge in [-0.25, -0.2) is 4.98 Å². The van der Waals surface area contributed by atoms with Gasteiger partial charge < -0.3 is 5.43 Å². The number of anilines is 2. The molecule has 0 fully saturated rings. The van der Waals surface area contributed by atoms with Gasteiger partial charge in [0.2, 0.25) is 0 Å². The van der Waals surface area contributed by atoms with Crippen molar-refractivity contribution >= 4 is 28.1 Å². The summed E-state index contributed by atoms with van der Waals surface area (Å²) in [5.74, 6) is 5.17. The molecule has 1 amide bonds. The summed E-state index contributed by atoms with van der Waals surface area (Å²) in [7, 11) is 0. The van der Waals surface area contributed by atoms with Crippen LogP contribution in [0.15, 0.2) is 18.2 Å². The van der Waals surface area contributed by atoms with E-state index in [1.165, 1.54) is 11.3 Å². The summed E-state index contributed by atoms with van der Waals surface area (Å²) in [5.41, 5.74) is 5.74. The quantitative estimate of drug-likeness (QED) is 0.594. The van der Waals surface area contributed by atoms with Crippen molar-refractivity contribution in [1.29, 1.82) is 0 Å². The average molecular weight is 276 g/mol. The SMILES string of the molecule is Cc1cc(NN)ccc1C(=O)Nc1nc(C)c(C)s1. The average Bonchev–Trinajstić information content (AvgIpc) is 2.67. The number of hydrogen-bond acceptors (Lipinski definition) is 5. The molecule has 5 nitrogen and oxygen atoms in total. The lowest BCUT2D eigenvalue weighted by Crippen LogP contribution is -2.14.